The summed E-state index contributed by atoms with van der Waals surface area (Å²) in [6, 6.07) is 20.0. The van der Waals surface area contributed by atoms with Crippen molar-refractivity contribution in [2.75, 3.05) is 0 Å². The van der Waals surface area contributed by atoms with Gasteiger partial charge in [0.15, 0.2) is 6.33 Å². The van der Waals surface area contributed by atoms with Crippen LogP contribution in [0.15, 0.2) is 73.1 Å². The second-order valence-corrected chi connectivity index (χ2v) is 2.32. The fraction of sp³-hybridized carbons (Fsp3) is 0. The maximum atomic E-state index is 10.2. The summed E-state index contributed by atoms with van der Waals surface area (Å²) in [7, 11) is 0. The van der Waals surface area contributed by atoms with Gasteiger partial charge in [0.25, 0.3) is 6.08 Å². The Bertz CT molecular complexity index is 247. The van der Waals surface area contributed by atoms with E-state index in [1.165, 1.54) is 0 Å². The van der Waals surface area contributed by atoms with Gasteiger partial charge in [0.05, 0.1) is 0 Å². The molecule has 0 radical (unpaired) electrons. The van der Waals surface area contributed by atoms with Crippen LogP contribution in [0.2, 0.25) is 0 Å². The van der Waals surface area contributed by atoms with Crippen molar-refractivity contribution in [2.45, 2.75) is 0 Å². The zero-order valence-corrected chi connectivity index (χ0v) is 9.44. The van der Waals surface area contributed by atoms with Gasteiger partial charge in [-0.25, -0.2) is 28.7 Å². The largest absolute Gasteiger partial charge is 2.00 e. The van der Waals surface area contributed by atoms with Crippen molar-refractivity contribution in [2.24, 2.45) is 0 Å². The summed E-state index contributed by atoms with van der Waals surface area (Å²) in [6.07, 6.45) is -3.04. The average molecular weight is 268 g/mol. The molecule has 16 heavy (non-hydrogen) atoms. The van der Waals surface area contributed by atoms with Gasteiger partial charge in [-0.1, -0.05) is 0 Å². The van der Waals surface area contributed by atoms with Crippen LogP contribution in [0, 0.1) is 0 Å². The molecule has 0 aromatic heterocycles. The van der Waals surface area contributed by atoms with Gasteiger partial charge >= 0.3 is 17.1 Å². The predicted molar refractivity (Wildman–Crippen MR) is 55.5 cm³/mol. The molecule has 4 heteroatoms. The van der Waals surface area contributed by atoms with Gasteiger partial charge < -0.3 is 0 Å². The Kier molecular flexibility index (Phi) is 14.7. The molecule has 2 aromatic carbocycles. The Labute approximate surface area is 104 Å². The quantitative estimate of drug-likeness (QED) is 0.487. The molecule has 0 atom stereocenters. The maximum absolute atomic E-state index is 10.2. The van der Waals surface area contributed by atoms with Crippen molar-refractivity contribution in [3.63, 3.8) is 0 Å². The zero-order chi connectivity index (χ0) is 11.4. The molecule has 0 aliphatic heterocycles. The van der Waals surface area contributed by atoms with E-state index in [4.69, 9.17) is 0 Å². The third kappa shape index (κ3) is 15.2. The van der Waals surface area contributed by atoms with Crippen LogP contribution in [0.1, 0.15) is 0 Å². The fourth-order valence-electron chi connectivity index (χ4n) is 0.642. The average Bonchev–Trinajstić information content (AvgIpc) is 2.96. The van der Waals surface area contributed by atoms with Gasteiger partial charge in [0, 0.05) is 0 Å². The maximum Gasteiger partial charge on any atom is 2.00 e. The number of hydrogen-bond donors (Lipinski definition) is 0. The minimum absolute atomic E-state index is 0. The van der Waals surface area contributed by atoms with Gasteiger partial charge in [-0.2, -0.15) is 45.2 Å². The van der Waals surface area contributed by atoms with Crippen LogP contribution in [-0.4, -0.2) is 0 Å². The molecule has 0 saturated carbocycles. The van der Waals surface area contributed by atoms with Crippen LogP contribution in [0.25, 0.3) is 0 Å². The van der Waals surface area contributed by atoms with Crippen LogP contribution in [-0.2, 0) is 17.1 Å². The van der Waals surface area contributed by atoms with E-state index in [2.05, 4.69) is 0 Å². The molecule has 0 aliphatic rings. The van der Waals surface area contributed by atoms with E-state index >= 15 is 0 Å². The van der Waals surface area contributed by atoms with E-state index in [1.54, 1.807) is 0 Å². The normalized spacial score (nSPS) is 7.19. The summed E-state index contributed by atoms with van der Waals surface area (Å²) in [5.74, 6) is 0. The van der Waals surface area contributed by atoms with Crippen LogP contribution < -0.4 is 0 Å². The fourth-order valence-corrected chi connectivity index (χ4v) is 0.642. The van der Waals surface area contributed by atoms with Crippen LogP contribution in [0.3, 0.4) is 0 Å². The molecule has 2 aromatic rings. The van der Waals surface area contributed by atoms with Crippen LogP contribution >= 0.6 is 0 Å². The molecule has 2 rings (SSSR count). The molecule has 0 fully saturated rings. The van der Waals surface area contributed by atoms with Crippen molar-refractivity contribution in [3.05, 3.63) is 73.1 Å². The van der Waals surface area contributed by atoms with Gasteiger partial charge in [-0.15, -0.1) is 0 Å². The molecule has 0 aliphatic carbocycles. The summed E-state index contributed by atoms with van der Waals surface area (Å²) >= 11 is 0. The Morgan fingerprint density at radius 1 is 0.812 bits per heavy atom. The summed E-state index contributed by atoms with van der Waals surface area (Å²) in [6.45, 7) is 0. The predicted octanol–water partition coefficient (Wildman–Crippen LogP) is 4.50. The Hall–Kier alpha value is -1.25. The van der Waals surface area contributed by atoms with Crippen molar-refractivity contribution in [3.8, 4) is 0 Å². The van der Waals surface area contributed by atoms with Gasteiger partial charge in [-0.3, -0.25) is 0 Å². The molecule has 0 nitrogen and oxygen atoms in total. The van der Waals surface area contributed by atoms with E-state index < -0.39 is 12.4 Å². The number of hydrogen-bond acceptors (Lipinski definition) is 0. The van der Waals surface area contributed by atoms with Gasteiger partial charge in [0.2, 0.25) is 0 Å². The van der Waals surface area contributed by atoms with E-state index in [-0.39, 0.29) is 17.1 Å². The Morgan fingerprint density at radius 2 is 1.06 bits per heavy atom. The Balaban J connectivity index is 0. The van der Waals surface area contributed by atoms with Gasteiger partial charge in [0.1, 0.15) is 0 Å². The zero-order valence-electron chi connectivity index (χ0n) is 8.34. The molecule has 0 heterocycles. The van der Waals surface area contributed by atoms with Crippen LogP contribution in [0.5, 0.6) is 0 Å². The molecule has 0 unspecified atom stereocenters. The topological polar surface area (TPSA) is 0 Å². The first-order valence-corrected chi connectivity index (χ1v) is 4.22. The Morgan fingerprint density at radius 3 is 1.12 bits per heavy atom. The first kappa shape index (κ1) is 17.2. The molecule has 0 amide bonds. The molecular weight excluding hydrogens is 257 g/mol. The van der Waals surface area contributed by atoms with Gasteiger partial charge in [-0.05, 0) is 0 Å². The molecule has 0 spiro atoms. The third-order valence-corrected chi connectivity index (χ3v) is 1.19. The third-order valence-electron chi connectivity index (χ3n) is 1.19. The summed E-state index contributed by atoms with van der Waals surface area (Å²) in [5, 5.41) is 0. The van der Waals surface area contributed by atoms with E-state index in [1.807, 2.05) is 60.7 Å². The first-order chi connectivity index (χ1) is 7.27. The van der Waals surface area contributed by atoms with Crippen LogP contribution in [0.4, 0.5) is 13.2 Å². The standard InChI is InChI=1S/2C5H5.C2HF3.Fe/c2*1-2-4-5-3-1;3-1-2(4)5;/h2*1-5H;1H;/q2*-1;;+2. The second-order valence-electron chi connectivity index (χ2n) is 2.32. The summed E-state index contributed by atoms with van der Waals surface area (Å²) < 4.78 is 30.7. The first-order valence-electron chi connectivity index (χ1n) is 4.22. The number of rotatable bonds is 0. The molecule has 0 saturated heterocycles. The minimum atomic E-state index is -2.29. The summed E-state index contributed by atoms with van der Waals surface area (Å²) in [5.41, 5.74) is 0. The molecule has 88 valence electrons. The number of halogens is 3. The van der Waals surface area contributed by atoms with Crippen molar-refractivity contribution in [1.29, 1.82) is 0 Å². The second kappa shape index (κ2) is 13.7. The van der Waals surface area contributed by atoms with E-state index in [9.17, 15) is 13.2 Å². The molecule has 0 bridgehead atoms. The SMILES string of the molecule is FC=C(F)F.[Fe+2].c1cc[cH-]c1.c1cc[cH-]c1. The molecule has 0 N–H and O–H groups in total. The minimum Gasteiger partial charge on any atom is -0.214 e. The summed E-state index contributed by atoms with van der Waals surface area (Å²) in [4.78, 5) is 0. The van der Waals surface area contributed by atoms with Crippen molar-refractivity contribution >= 4 is 0 Å². The van der Waals surface area contributed by atoms with Crippen molar-refractivity contribution < 1.29 is 30.2 Å². The molecular formula is C12H11F3Fe. The monoisotopic (exact) mass is 268 g/mol. The van der Waals surface area contributed by atoms with E-state index in [0.29, 0.717) is 0 Å². The van der Waals surface area contributed by atoms with E-state index in [0.717, 1.165) is 0 Å². The smallest absolute Gasteiger partial charge is 0.214 e. The van der Waals surface area contributed by atoms with Crippen molar-refractivity contribution in [1.82, 2.24) is 0 Å².